The van der Waals surface area contributed by atoms with Crippen LogP contribution in [0.25, 0.3) is 10.9 Å². The molecule has 1 saturated heterocycles. The van der Waals surface area contributed by atoms with Gasteiger partial charge in [-0.25, -0.2) is 5.48 Å². The summed E-state index contributed by atoms with van der Waals surface area (Å²) in [5.74, 6) is 1.30. The van der Waals surface area contributed by atoms with Gasteiger partial charge >= 0.3 is 0 Å². The highest BCUT2D eigenvalue weighted by Crippen LogP contribution is 2.32. The third-order valence-corrected chi connectivity index (χ3v) is 8.05. The number of aryl methyl sites for hydroxylation is 1. The first-order chi connectivity index (χ1) is 16.6. The zero-order valence-corrected chi connectivity index (χ0v) is 20.5. The molecule has 1 amide bonds. The number of amides is 1. The number of aromatic nitrogens is 1. The predicted molar refractivity (Wildman–Crippen MR) is 135 cm³/mol. The van der Waals surface area contributed by atoms with E-state index in [1.165, 1.54) is 38.5 Å². The number of hydrogen-bond donors (Lipinski definition) is 3. The van der Waals surface area contributed by atoms with E-state index in [0.717, 1.165) is 79.0 Å². The third kappa shape index (κ3) is 5.99. The molecule has 0 bridgehead atoms. The molecule has 1 aliphatic carbocycles. The van der Waals surface area contributed by atoms with E-state index in [-0.39, 0.29) is 11.8 Å². The van der Waals surface area contributed by atoms with Crippen LogP contribution in [0.1, 0.15) is 69.8 Å². The molecule has 0 radical (unpaired) electrons. The lowest BCUT2D eigenvalue weighted by molar-refractivity contribution is -0.135. The van der Waals surface area contributed by atoms with Crippen molar-refractivity contribution in [1.29, 1.82) is 0 Å². The Labute approximate surface area is 203 Å². The summed E-state index contributed by atoms with van der Waals surface area (Å²) in [6, 6.07) is 6.27. The van der Waals surface area contributed by atoms with Crippen LogP contribution in [-0.2, 0) is 11.2 Å². The van der Waals surface area contributed by atoms with Crippen LogP contribution in [0.2, 0.25) is 0 Å². The number of rotatable bonds is 9. The van der Waals surface area contributed by atoms with Crippen LogP contribution in [0.5, 0.6) is 5.75 Å². The summed E-state index contributed by atoms with van der Waals surface area (Å²) in [5.41, 5.74) is 11.0. The first-order valence-electron chi connectivity index (χ1n) is 13.0. The largest absolute Gasteiger partial charge is 0.497 e. The van der Waals surface area contributed by atoms with Gasteiger partial charge in [0.1, 0.15) is 5.75 Å². The van der Waals surface area contributed by atoms with Crippen molar-refractivity contribution in [2.75, 3.05) is 25.9 Å². The lowest BCUT2D eigenvalue weighted by Gasteiger charge is -2.40. The van der Waals surface area contributed by atoms with Gasteiger partial charge in [0.2, 0.25) is 5.91 Å². The summed E-state index contributed by atoms with van der Waals surface area (Å²) in [5, 5.41) is 10.2. The lowest BCUT2D eigenvalue weighted by Crippen LogP contribution is -2.46. The van der Waals surface area contributed by atoms with Crippen molar-refractivity contribution in [2.45, 2.75) is 76.7 Å². The van der Waals surface area contributed by atoms with E-state index in [2.05, 4.69) is 9.88 Å². The van der Waals surface area contributed by atoms with Crippen molar-refractivity contribution in [3.63, 3.8) is 0 Å². The van der Waals surface area contributed by atoms with Crippen LogP contribution >= 0.6 is 0 Å². The average molecular weight is 469 g/mol. The molecule has 2 aromatic rings. The number of likely N-dealkylation sites (tertiary alicyclic amines) is 1. The summed E-state index contributed by atoms with van der Waals surface area (Å²) < 4.78 is 5.42. The number of carbonyl (C=O) groups is 1. The minimum atomic E-state index is -0.242. The Balaban J connectivity index is 1.42. The molecular formula is C27H40N4O3. The Morgan fingerprint density at radius 1 is 1.24 bits per heavy atom. The zero-order chi connectivity index (χ0) is 23.9. The molecule has 186 valence electrons. The molecule has 4 rings (SSSR count). The van der Waals surface area contributed by atoms with Gasteiger partial charge in [-0.3, -0.25) is 15.0 Å². The Morgan fingerprint density at radius 2 is 2.06 bits per heavy atom. The second kappa shape index (κ2) is 11.8. The molecule has 4 N–H and O–H groups in total. The maximum atomic E-state index is 12.2. The number of hydrogen-bond acceptors (Lipinski definition) is 6. The van der Waals surface area contributed by atoms with Crippen LogP contribution in [0, 0.1) is 11.8 Å². The maximum Gasteiger partial charge on any atom is 0.246 e. The van der Waals surface area contributed by atoms with E-state index in [0.29, 0.717) is 6.04 Å². The fourth-order valence-electron chi connectivity index (χ4n) is 6.01. The summed E-state index contributed by atoms with van der Waals surface area (Å²) in [4.78, 5) is 19.2. The second-order valence-corrected chi connectivity index (χ2v) is 10.1. The van der Waals surface area contributed by atoms with Crippen molar-refractivity contribution < 1.29 is 14.7 Å². The molecule has 2 heterocycles. The van der Waals surface area contributed by atoms with Crippen LogP contribution in [-0.4, -0.2) is 47.2 Å². The summed E-state index contributed by atoms with van der Waals surface area (Å²) in [6.07, 6.45) is 14.4. The van der Waals surface area contributed by atoms with E-state index in [9.17, 15) is 4.79 Å². The number of nitrogen functional groups attached to an aromatic ring is 1. The topological polar surface area (TPSA) is 101 Å². The highest BCUT2D eigenvalue weighted by Gasteiger charge is 2.32. The molecule has 1 saturated carbocycles. The summed E-state index contributed by atoms with van der Waals surface area (Å²) >= 11 is 0. The van der Waals surface area contributed by atoms with E-state index in [1.54, 1.807) is 13.3 Å². The second-order valence-electron chi connectivity index (χ2n) is 10.1. The smallest absolute Gasteiger partial charge is 0.246 e. The van der Waals surface area contributed by atoms with Crippen LogP contribution in [0.3, 0.4) is 0 Å². The number of nitrogens with one attached hydrogen (secondary N) is 1. The number of pyridine rings is 1. The number of ether oxygens (including phenoxy) is 1. The zero-order valence-electron chi connectivity index (χ0n) is 20.5. The van der Waals surface area contributed by atoms with E-state index < -0.39 is 0 Å². The molecule has 2 atom stereocenters. The molecule has 2 fully saturated rings. The number of benzene rings is 1. The van der Waals surface area contributed by atoms with Crippen molar-refractivity contribution in [2.24, 2.45) is 11.8 Å². The molecule has 0 spiro atoms. The minimum absolute atomic E-state index is 0.114. The van der Waals surface area contributed by atoms with Crippen LogP contribution < -0.4 is 16.0 Å². The van der Waals surface area contributed by atoms with Gasteiger partial charge < -0.3 is 15.4 Å². The molecule has 7 nitrogen and oxygen atoms in total. The van der Waals surface area contributed by atoms with E-state index in [4.69, 9.17) is 15.7 Å². The number of nitrogens with two attached hydrogens (primary N) is 1. The molecule has 1 aromatic heterocycles. The SMILES string of the molecule is COc1ccc2ncc(N)c(CCCC3CC(C(=O)NO)CCN3CCC3CCCCC3)c2c1. The molecule has 34 heavy (non-hydrogen) atoms. The van der Waals surface area contributed by atoms with E-state index in [1.807, 2.05) is 23.7 Å². The maximum absolute atomic E-state index is 12.2. The van der Waals surface area contributed by atoms with Gasteiger partial charge in [0.05, 0.1) is 24.5 Å². The van der Waals surface area contributed by atoms with Crippen LogP contribution in [0.4, 0.5) is 5.69 Å². The van der Waals surface area contributed by atoms with Crippen molar-refractivity contribution >= 4 is 22.5 Å². The number of anilines is 1. The van der Waals surface area contributed by atoms with Gasteiger partial charge in [-0.15, -0.1) is 0 Å². The predicted octanol–water partition coefficient (Wildman–Crippen LogP) is 4.70. The Bertz CT molecular complexity index is 960. The van der Waals surface area contributed by atoms with Gasteiger partial charge in [-0.05, 0) is 81.3 Å². The quantitative estimate of drug-likeness (QED) is 0.364. The highest BCUT2D eigenvalue weighted by atomic mass is 16.5. The van der Waals surface area contributed by atoms with Crippen LogP contribution in [0.15, 0.2) is 24.4 Å². The highest BCUT2D eigenvalue weighted by molar-refractivity contribution is 5.87. The van der Waals surface area contributed by atoms with Gasteiger partial charge in [0.15, 0.2) is 0 Å². The van der Waals surface area contributed by atoms with Crippen molar-refractivity contribution in [3.8, 4) is 5.75 Å². The Morgan fingerprint density at radius 3 is 2.82 bits per heavy atom. The summed E-state index contributed by atoms with van der Waals surface area (Å²) in [7, 11) is 1.67. The van der Waals surface area contributed by atoms with Gasteiger partial charge in [0, 0.05) is 17.3 Å². The van der Waals surface area contributed by atoms with Gasteiger partial charge in [0.25, 0.3) is 0 Å². The third-order valence-electron chi connectivity index (χ3n) is 8.05. The first kappa shape index (κ1) is 24.7. The number of piperidine rings is 1. The fraction of sp³-hybridized carbons (Fsp3) is 0.630. The minimum Gasteiger partial charge on any atom is -0.497 e. The lowest BCUT2D eigenvalue weighted by atomic mass is 9.84. The molecule has 1 aromatic carbocycles. The number of fused-ring (bicyclic) bond motifs is 1. The molecular weight excluding hydrogens is 428 g/mol. The van der Waals surface area contributed by atoms with Crippen molar-refractivity contribution in [3.05, 3.63) is 30.0 Å². The normalized spacial score (nSPS) is 22.1. The van der Waals surface area contributed by atoms with Gasteiger partial charge in [-0.1, -0.05) is 32.1 Å². The number of methoxy groups -OCH3 is 1. The van der Waals surface area contributed by atoms with E-state index >= 15 is 0 Å². The van der Waals surface area contributed by atoms with Crippen molar-refractivity contribution in [1.82, 2.24) is 15.4 Å². The van der Waals surface area contributed by atoms with Gasteiger partial charge in [-0.2, -0.15) is 0 Å². The fourth-order valence-corrected chi connectivity index (χ4v) is 6.01. The summed E-state index contributed by atoms with van der Waals surface area (Å²) in [6.45, 7) is 2.04. The Hall–Kier alpha value is -2.38. The molecule has 1 aliphatic heterocycles. The first-order valence-corrected chi connectivity index (χ1v) is 13.0. The standard InChI is InChI=1S/C27H40N4O3/c1-34-22-10-11-26-24(17-22)23(25(28)18-29-26)9-5-8-21-16-20(27(32)30-33)13-15-31(21)14-12-19-6-3-2-4-7-19/h10-11,17-21,33H,2-9,12-16,28H2,1H3,(H,30,32). The number of nitrogens with zero attached hydrogens (tertiary/aromatic N) is 2. The molecule has 2 aliphatic rings. The molecule has 7 heteroatoms. The number of carbonyl (C=O) groups excluding carboxylic acids is 1. The Kier molecular flexibility index (Phi) is 8.62. The monoisotopic (exact) mass is 468 g/mol. The number of hydroxylamine groups is 1. The average Bonchev–Trinajstić information content (AvgIpc) is 2.88. The molecule has 2 unspecified atom stereocenters.